The van der Waals surface area contributed by atoms with E-state index in [0.717, 1.165) is 13.1 Å². The van der Waals surface area contributed by atoms with Gasteiger partial charge in [0.25, 0.3) is 0 Å². The fraction of sp³-hybridized carbons (Fsp3) is 0.500. The minimum Gasteiger partial charge on any atom is -0.316 e. The summed E-state index contributed by atoms with van der Waals surface area (Å²) in [7, 11) is 0. The minimum atomic E-state index is 0.324. The smallest absolute Gasteiger partial charge is 0.222 e. The van der Waals surface area contributed by atoms with E-state index >= 15 is 0 Å². The van der Waals surface area contributed by atoms with E-state index in [2.05, 4.69) is 15.3 Å². The molecule has 1 aromatic rings. The van der Waals surface area contributed by atoms with Gasteiger partial charge in [-0.3, -0.25) is 0 Å². The van der Waals surface area contributed by atoms with E-state index < -0.39 is 0 Å². The van der Waals surface area contributed by atoms with E-state index in [-0.39, 0.29) is 0 Å². The quantitative estimate of drug-likeness (QED) is 0.666. The summed E-state index contributed by atoms with van der Waals surface area (Å²) in [6.45, 7) is 2.12. The van der Waals surface area contributed by atoms with Crippen molar-refractivity contribution in [3.05, 3.63) is 23.2 Å². The summed E-state index contributed by atoms with van der Waals surface area (Å²) in [4.78, 5) is 7.90. The third kappa shape index (κ3) is 1.57. The molecule has 1 fully saturated rings. The number of hydrogen-bond acceptors (Lipinski definition) is 3. The van der Waals surface area contributed by atoms with Crippen molar-refractivity contribution in [3.63, 3.8) is 0 Å². The van der Waals surface area contributed by atoms with Crippen molar-refractivity contribution in [3.8, 4) is 0 Å². The van der Waals surface area contributed by atoms with Gasteiger partial charge in [-0.2, -0.15) is 0 Å². The molecule has 0 aromatic carbocycles. The summed E-state index contributed by atoms with van der Waals surface area (Å²) in [5, 5.41) is 3.62. The summed E-state index contributed by atoms with van der Waals surface area (Å²) in [5.74, 6) is 0.572. The summed E-state index contributed by atoms with van der Waals surface area (Å²) < 4.78 is 0. The summed E-state index contributed by atoms with van der Waals surface area (Å²) in [6, 6.07) is 0. The van der Waals surface area contributed by atoms with Gasteiger partial charge in [0.15, 0.2) is 0 Å². The lowest BCUT2D eigenvalue weighted by Crippen LogP contribution is -2.08. The van der Waals surface area contributed by atoms with Gasteiger partial charge >= 0.3 is 0 Å². The predicted molar refractivity (Wildman–Crippen MR) is 47.3 cm³/mol. The van der Waals surface area contributed by atoms with Gasteiger partial charge in [-0.25, -0.2) is 9.97 Å². The Balaban J connectivity index is 2.17. The molecule has 3 nitrogen and oxygen atoms in total. The van der Waals surface area contributed by atoms with Crippen LogP contribution in [0.25, 0.3) is 0 Å². The summed E-state index contributed by atoms with van der Waals surface area (Å²) in [5.41, 5.74) is 1.18. The molecule has 2 heterocycles. The van der Waals surface area contributed by atoms with Crippen LogP contribution in [0.3, 0.4) is 0 Å². The summed E-state index contributed by atoms with van der Waals surface area (Å²) in [6.07, 6.45) is 4.80. The van der Waals surface area contributed by atoms with Crippen LogP contribution in [-0.2, 0) is 0 Å². The van der Waals surface area contributed by atoms with Crippen LogP contribution in [-0.4, -0.2) is 23.1 Å². The first-order chi connectivity index (χ1) is 5.86. The Morgan fingerprint density at radius 3 is 2.75 bits per heavy atom. The van der Waals surface area contributed by atoms with Gasteiger partial charge < -0.3 is 5.32 Å². The maximum atomic E-state index is 5.58. The third-order valence-corrected chi connectivity index (χ3v) is 2.37. The lowest BCUT2D eigenvalue weighted by atomic mass is 10.0. The fourth-order valence-electron chi connectivity index (χ4n) is 1.47. The highest BCUT2D eigenvalue weighted by Gasteiger charge is 2.16. The number of halogens is 1. The maximum Gasteiger partial charge on any atom is 0.222 e. The number of aromatic nitrogens is 2. The number of nitrogens with one attached hydrogen (secondary N) is 1. The van der Waals surface area contributed by atoms with Gasteiger partial charge in [0.1, 0.15) is 0 Å². The molecule has 1 saturated heterocycles. The molecule has 0 saturated carbocycles. The predicted octanol–water partition coefficient (Wildman–Crippen LogP) is 1.21. The van der Waals surface area contributed by atoms with Crippen LogP contribution in [0.15, 0.2) is 12.4 Å². The number of rotatable bonds is 1. The number of hydrogen-bond donors (Lipinski definition) is 1. The molecule has 0 aliphatic carbocycles. The molecule has 4 heteroatoms. The molecule has 0 bridgehead atoms. The molecule has 64 valence electrons. The van der Waals surface area contributed by atoms with Crippen LogP contribution >= 0.6 is 11.6 Å². The van der Waals surface area contributed by atoms with Crippen LogP contribution in [0, 0.1) is 0 Å². The lowest BCUT2D eigenvalue weighted by Gasteiger charge is -2.05. The average Bonchev–Trinajstić information content (AvgIpc) is 2.58. The average molecular weight is 184 g/mol. The van der Waals surface area contributed by atoms with E-state index in [9.17, 15) is 0 Å². The molecule has 1 N–H and O–H groups in total. The van der Waals surface area contributed by atoms with Crippen molar-refractivity contribution in [1.82, 2.24) is 15.3 Å². The van der Waals surface area contributed by atoms with Crippen LogP contribution in [0.4, 0.5) is 0 Å². The molecule has 1 aliphatic heterocycles. The second-order valence-electron chi connectivity index (χ2n) is 2.98. The topological polar surface area (TPSA) is 37.8 Å². The van der Waals surface area contributed by atoms with Crippen molar-refractivity contribution in [2.45, 2.75) is 12.3 Å². The zero-order chi connectivity index (χ0) is 8.39. The van der Waals surface area contributed by atoms with Crippen molar-refractivity contribution in [2.24, 2.45) is 0 Å². The molecular weight excluding hydrogens is 174 g/mol. The van der Waals surface area contributed by atoms with Gasteiger partial charge in [-0.15, -0.1) is 0 Å². The van der Waals surface area contributed by atoms with Crippen LogP contribution < -0.4 is 5.32 Å². The standard InChI is InChI=1S/C8H10ClN3/c9-8-11-4-7(5-12-8)6-1-2-10-3-6/h4-6,10H,1-3H2. The maximum absolute atomic E-state index is 5.58. The molecule has 0 spiro atoms. The van der Waals surface area contributed by atoms with Gasteiger partial charge in [-0.05, 0) is 30.1 Å². The Labute approximate surface area is 76.2 Å². The minimum absolute atomic E-state index is 0.324. The Bertz CT molecular complexity index is 254. The lowest BCUT2D eigenvalue weighted by molar-refractivity contribution is 0.752. The van der Waals surface area contributed by atoms with E-state index in [1.54, 1.807) is 0 Å². The third-order valence-electron chi connectivity index (χ3n) is 2.17. The highest BCUT2D eigenvalue weighted by Crippen LogP contribution is 2.20. The Kier molecular flexibility index (Phi) is 2.23. The number of nitrogens with zero attached hydrogens (tertiary/aromatic N) is 2. The van der Waals surface area contributed by atoms with E-state index in [1.807, 2.05) is 12.4 Å². The van der Waals surface area contributed by atoms with E-state index in [0.29, 0.717) is 11.2 Å². The summed E-state index contributed by atoms with van der Waals surface area (Å²) >= 11 is 5.58. The molecule has 1 unspecified atom stereocenters. The molecule has 1 aliphatic rings. The first kappa shape index (κ1) is 7.95. The first-order valence-corrected chi connectivity index (χ1v) is 4.42. The van der Waals surface area contributed by atoms with Crippen molar-refractivity contribution in [1.29, 1.82) is 0 Å². The second kappa shape index (κ2) is 3.37. The molecular formula is C8H10ClN3. The van der Waals surface area contributed by atoms with Gasteiger partial charge in [0.05, 0.1) is 0 Å². The highest BCUT2D eigenvalue weighted by atomic mass is 35.5. The Hall–Kier alpha value is -0.670. The molecule has 0 radical (unpaired) electrons. The van der Waals surface area contributed by atoms with Crippen molar-refractivity contribution in [2.75, 3.05) is 13.1 Å². The van der Waals surface area contributed by atoms with E-state index in [4.69, 9.17) is 11.6 Å². The van der Waals surface area contributed by atoms with Gasteiger partial charge in [0.2, 0.25) is 5.28 Å². The SMILES string of the molecule is Clc1ncc(C2CCNC2)cn1. The van der Waals surface area contributed by atoms with Crippen LogP contribution in [0.5, 0.6) is 0 Å². The fourth-order valence-corrected chi connectivity index (χ4v) is 1.57. The molecule has 12 heavy (non-hydrogen) atoms. The van der Waals surface area contributed by atoms with Gasteiger partial charge in [-0.1, -0.05) is 0 Å². The zero-order valence-corrected chi connectivity index (χ0v) is 7.38. The molecule has 1 atom stereocenters. The molecule has 1 aromatic heterocycles. The molecule has 0 amide bonds. The van der Waals surface area contributed by atoms with Gasteiger partial charge in [0, 0.05) is 24.9 Å². The Morgan fingerprint density at radius 1 is 1.42 bits per heavy atom. The van der Waals surface area contributed by atoms with E-state index in [1.165, 1.54) is 12.0 Å². The second-order valence-corrected chi connectivity index (χ2v) is 3.31. The Morgan fingerprint density at radius 2 is 2.17 bits per heavy atom. The van der Waals surface area contributed by atoms with Crippen molar-refractivity contribution >= 4 is 11.6 Å². The molecule has 2 rings (SSSR count). The monoisotopic (exact) mass is 183 g/mol. The van der Waals surface area contributed by atoms with Crippen LogP contribution in [0.1, 0.15) is 17.9 Å². The van der Waals surface area contributed by atoms with Crippen molar-refractivity contribution < 1.29 is 0 Å². The zero-order valence-electron chi connectivity index (χ0n) is 6.63. The first-order valence-electron chi connectivity index (χ1n) is 4.04. The normalized spacial score (nSPS) is 22.9. The van der Waals surface area contributed by atoms with Crippen LogP contribution in [0.2, 0.25) is 5.28 Å². The largest absolute Gasteiger partial charge is 0.316 e. The highest BCUT2D eigenvalue weighted by molar-refractivity contribution is 6.28.